The summed E-state index contributed by atoms with van der Waals surface area (Å²) in [5.74, 6) is 0.915. The Morgan fingerprint density at radius 1 is 1.00 bits per heavy atom. The minimum Gasteiger partial charge on any atom is -0.456 e. The minimum absolute atomic E-state index is 0.100. The van der Waals surface area contributed by atoms with Gasteiger partial charge in [0, 0.05) is 17.7 Å². The van der Waals surface area contributed by atoms with Gasteiger partial charge in [-0.25, -0.2) is 0 Å². The fraction of sp³-hybridized carbons (Fsp3) is 0. The van der Waals surface area contributed by atoms with Gasteiger partial charge in [0.05, 0.1) is 20.5 Å². The third kappa shape index (κ3) is 3.20. The highest BCUT2D eigenvalue weighted by Crippen LogP contribution is 2.44. The van der Waals surface area contributed by atoms with Crippen molar-refractivity contribution in [2.24, 2.45) is 0 Å². The molecule has 0 saturated heterocycles. The van der Waals surface area contributed by atoms with Gasteiger partial charge < -0.3 is 4.74 Å². The SMILES string of the molecule is O=[N+]([O-])c1ccc(Cl)c(Cl)c1-c1ccc[c]c1Oc1ccccc1. The Kier molecular flexibility index (Phi) is 4.69. The van der Waals surface area contributed by atoms with Crippen LogP contribution in [0.2, 0.25) is 10.0 Å². The first kappa shape index (κ1) is 16.3. The van der Waals surface area contributed by atoms with E-state index in [-0.39, 0.29) is 21.3 Å². The fourth-order valence-corrected chi connectivity index (χ4v) is 2.68. The Morgan fingerprint density at radius 3 is 2.46 bits per heavy atom. The zero-order valence-electron chi connectivity index (χ0n) is 12.2. The molecule has 0 aliphatic heterocycles. The van der Waals surface area contributed by atoms with Gasteiger partial charge in [-0.1, -0.05) is 59.6 Å². The second-order valence-corrected chi connectivity index (χ2v) is 5.63. The minimum atomic E-state index is -0.503. The van der Waals surface area contributed by atoms with Crippen LogP contribution >= 0.6 is 23.2 Å². The maximum absolute atomic E-state index is 11.4. The summed E-state index contributed by atoms with van der Waals surface area (Å²) < 4.78 is 5.81. The summed E-state index contributed by atoms with van der Waals surface area (Å²) in [7, 11) is 0. The Hall–Kier alpha value is -2.56. The molecule has 0 aromatic heterocycles. The monoisotopic (exact) mass is 358 g/mol. The van der Waals surface area contributed by atoms with Gasteiger partial charge in [-0.05, 0) is 18.2 Å². The number of nitro benzene ring substituents is 1. The second kappa shape index (κ2) is 6.91. The van der Waals surface area contributed by atoms with Crippen molar-refractivity contribution in [1.82, 2.24) is 0 Å². The number of hydrogen-bond acceptors (Lipinski definition) is 3. The average molecular weight is 359 g/mol. The summed E-state index contributed by atoms with van der Waals surface area (Å²) in [6.45, 7) is 0. The number of rotatable bonds is 4. The Balaban J connectivity index is 2.18. The summed E-state index contributed by atoms with van der Waals surface area (Å²) in [5.41, 5.74) is 0.499. The molecule has 0 spiro atoms. The van der Waals surface area contributed by atoms with E-state index in [9.17, 15) is 10.1 Å². The number of ether oxygens (including phenoxy) is 1. The number of benzene rings is 3. The van der Waals surface area contributed by atoms with Gasteiger partial charge in [0.25, 0.3) is 5.69 Å². The van der Waals surface area contributed by atoms with Crippen molar-refractivity contribution in [3.05, 3.63) is 86.9 Å². The van der Waals surface area contributed by atoms with Gasteiger partial charge >= 0.3 is 0 Å². The Bertz CT molecular complexity index is 898. The van der Waals surface area contributed by atoms with Crippen molar-refractivity contribution in [2.45, 2.75) is 0 Å². The topological polar surface area (TPSA) is 52.4 Å². The Morgan fingerprint density at radius 2 is 1.75 bits per heavy atom. The van der Waals surface area contributed by atoms with Crippen LogP contribution in [0.3, 0.4) is 0 Å². The highest BCUT2D eigenvalue weighted by molar-refractivity contribution is 6.44. The lowest BCUT2D eigenvalue weighted by molar-refractivity contribution is -0.384. The van der Waals surface area contributed by atoms with Crippen LogP contribution in [0.1, 0.15) is 0 Å². The summed E-state index contributed by atoms with van der Waals surface area (Å²) in [4.78, 5) is 10.9. The van der Waals surface area contributed by atoms with Crippen LogP contribution in [0.4, 0.5) is 5.69 Å². The molecule has 0 fully saturated rings. The van der Waals surface area contributed by atoms with Gasteiger partial charge in [0.15, 0.2) is 0 Å². The second-order valence-electron chi connectivity index (χ2n) is 4.84. The third-order valence-corrected chi connectivity index (χ3v) is 4.12. The van der Waals surface area contributed by atoms with Gasteiger partial charge in [-0.15, -0.1) is 0 Å². The van der Waals surface area contributed by atoms with E-state index in [1.807, 2.05) is 18.2 Å². The molecule has 1 radical (unpaired) electrons. The zero-order valence-corrected chi connectivity index (χ0v) is 13.7. The summed E-state index contributed by atoms with van der Waals surface area (Å²) in [6, 6.07) is 19.8. The first-order valence-corrected chi connectivity index (χ1v) is 7.70. The van der Waals surface area contributed by atoms with Crippen LogP contribution in [0.5, 0.6) is 11.5 Å². The van der Waals surface area contributed by atoms with E-state index in [1.165, 1.54) is 12.1 Å². The molecule has 3 aromatic rings. The number of nitrogens with zero attached hydrogens (tertiary/aromatic N) is 1. The molecule has 0 amide bonds. The van der Waals surface area contributed by atoms with Crippen molar-refractivity contribution in [3.8, 4) is 22.6 Å². The van der Waals surface area contributed by atoms with E-state index >= 15 is 0 Å². The number of nitro groups is 1. The molecule has 0 N–H and O–H groups in total. The lowest BCUT2D eigenvalue weighted by atomic mass is 10.0. The van der Waals surface area contributed by atoms with Crippen LogP contribution in [-0.2, 0) is 0 Å². The van der Waals surface area contributed by atoms with Gasteiger partial charge in [-0.2, -0.15) is 0 Å². The molecule has 119 valence electrons. The van der Waals surface area contributed by atoms with Crippen LogP contribution in [0, 0.1) is 16.2 Å². The molecule has 0 aliphatic carbocycles. The molecule has 4 nitrogen and oxygen atoms in total. The fourth-order valence-electron chi connectivity index (χ4n) is 2.26. The zero-order chi connectivity index (χ0) is 17.1. The smallest absolute Gasteiger partial charge is 0.278 e. The molecule has 0 atom stereocenters. The standard InChI is InChI=1S/C18H10Cl2NO3/c19-14-10-11-15(21(22)23)17(18(14)20)13-8-4-5-9-16(13)24-12-6-2-1-3-7-12/h1-8,10-11H. The molecule has 0 heterocycles. The van der Waals surface area contributed by atoms with Crippen molar-refractivity contribution in [2.75, 3.05) is 0 Å². The maximum atomic E-state index is 11.4. The highest BCUT2D eigenvalue weighted by Gasteiger charge is 2.23. The maximum Gasteiger partial charge on any atom is 0.278 e. The van der Waals surface area contributed by atoms with E-state index in [0.717, 1.165) is 0 Å². The van der Waals surface area contributed by atoms with Gasteiger partial charge in [-0.3, -0.25) is 10.1 Å². The van der Waals surface area contributed by atoms with E-state index in [1.54, 1.807) is 30.3 Å². The predicted molar refractivity (Wildman–Crippen MR) is 93.9 cm³/mol. The largest absolute Gasteiger partial charge is 0.456 e. The molecule has 0 saturated carbocycles. The van der Waals surface area contributed by atoms with Crippen LogP contribution in [0.25, 0.3) is 11.1 Å². The molecule has 0 aliphatic rings. The molecular formula is C18H10Cl2NO3. The lowest BCUT2D eigenvalue weighted by Gasteiger charge is -2.13. The molecule has 0 bridgehead atoms. The predicted octanol–water partition coefficient (Wildman–Crippen LogP) is 6.16. The van der Waals surface area contributed by atoms with E-state index < -0.39 is 4.92 Å². The molecule has 3 aromatic carbocycles. The number of para-hydroxylation sites is 2. The molecular weight excluding hydrogens is 349 g/mol. The van der Waals surface area contributed by atoms with Crippen LogP contribution in [0.15, 0.2) is 60.7 Å². The van der Waals surface area contributed by atoms with E-state index in [2.05, 4.69) is 6.07 Å². The average Bonchev–Trinajstić information content (AvgIpc) is 2.58. The number of hydrogen-bond donors (Lipinski definition) is 0. The highest BCUT2D eigenvalue weighted by atomic mass is 35.5. The molecule has 3 rings (SSSR count). The quantitative estimate of drug-likeness (QED) is 0.414. The summed E-state index contributed by atoms with van der Waals surface area (Å²) in [5, 5.41) is 11.7. The van der Waals surface area contributed by atoms with Crippen molar-refractivity contribution in [3.63, 3.8) is 0 Å². The van der Waals surface area contributed by atoms with Crippen LogP contribution < -0.4 is 4.74 Å². The molecule has 0 unspecified atom stereocenters. The number of halogens is 2. The third-order valence-electron chi connectivity index (χ3n) is 3.32. The van der Waals surface area contributed by atoms with E-state index in [4.69, 9.17) is 27.9 Å². The Labute approximate surface area is 148 Å². The summed E-state index contributed by atoms with van der Waals surface area (Å²) >= 11 is 12.3. The van der Waals surface area contributed by atoms with Gasteiger partial charge in [0.1, 0.15) is 11.5 Å². The molecule has 6 heteroatoms. The first-order chi connectivity index (χ1) is 11.6. The first-order valence-electron chi connectivity index (χ1n) is 6.94. The van der Waals surface area contributed by atoms with E-state index in [0.29, 0.717) is 17.1 Å². The van der Waals surface area contributed by atoms with Crippen molar-refractivity contribution < 1.29 is 9.66 Å². The van der Waals surface area contributed by atoms with Crippen molar-refractivity contribution >= 4 is 28.9 Å². The summed E-state index contributed by atoms with van der Waals surface area (Å²) in [6.07, 6.45) is 0. The lowest BCUT2D eigenvalue weighted by Crippen LogP contribution is -1.95. The van der Waals surface area contributed by atoms with Gasteiger partial charge in [0.2, 0.25) is 0 Å². The molecule has 24 heavy (non-hydrogen) atoms. The van der Waals surface area contributed by atoms with Crippen molar-refractivity contribution in [1.29, 1.82) is 0 Å². The van der Waals surface area contributed by atoms with Crippen LogP contribution in [-0.4, -0.2) is 4.92 Å². The normalized spacial score (nSPS) is 10.4.